The number of methoxy groups -OCH3 is 1. The van der Waals surface area contributed by atoms with Crippen LogP contribution in [-0.4, -0.2) is 28.8 Å². The zero-order chi connectivity index (χ0) is 11.2. The lowest BCUT2D eigenvalue weighted by atomic mass is 10.4. The van der Waals surface area contributed by atoms with E-state index >= 15 is 0 Å². The highest BCUT2D eigenvalue weighted by Crippen LogP contribution is 2.10. The van der Waals surface area contributed by atoms with Gasteiger partial charge in [-0.2, -0.15) is 9.97 Å². The van der Waals surface area contributed by atoms with Gasteiger partial charge in [-0.25, -0.2) is 0 Å². The second-order valence-electron chi connectivity index (χ2n) is 3.09. The molecule has 2 heterocycles. The van der Waals surface area contributed by atoms with Crippen molar-refractivity contribution in [2.24, 2.45) is 0 Å². The van der Waals surface area contributed by atoms with Crippen LogP contribution in [0, 0.1) is 0 Å². The summed E-state index contributed by atoms with van der Waals surface area (Å²) in [6.45, 7) is 0.694. The molecule has 6 heteroatoms. The number of pyridine rings is 1. The van der Waals surface area contributed by atoms with Crippen LogP contribution in [-0.2, 0) is 6.42 Å². The number of hydrogen-bond acceptors (Lipinski definition) is 6. The first-order valence-electron chi connectivity index (χ1n) is 4.88. The fourth-order valence-corrected chi connectivity index (χ4v) is 1.23. The van der Waals surface area contributed by atoms with Crippen molar-refractivity contribution in [3.8, 4) is 5.88 Å². The summed E-state index contributed by atoms with van der Waals surface area (Å²) in [6, 6.07) is 5.55. The maximum Gasteiger partial charge on any atom is 0.214 e. The second-order valence-corrected chi connectivity index (χ2v) is 3.09. The van der Waals surface area contributed by atoms with E-state index in [0.717, 1.165) is 5.82 Å². The second kappa shape index (κ2) is 5.11. The molecule has 0 fully saturated rings. The first kappa shape index (κ1) is 10.4. The van der Waals surface area contributed by atoms with Crippen molar-refractivity contribution in [1.82, 2.24) is 15.1 Å². The third-order valence-electron chi connectivity index (χ3n) is 1.99. The summed E-state index contributed by atoms with van der Waals surface area (Å²) in [6.07, 6.45) is 2.01. The van der Waals surface area contributed by atoms with Crippen molar-refractivity contribution in [2.45, 2.75) is 6.42 Å². The molecular weight excluding hydrogens is 208 g/mol. The zero-order valence-electron chi connectivity index (χ0n) is 8.88. The summed E-state index contributed by atoms with van der Waals surface area (Å²) in [5.41, 5.74) is 0. The number of anilines is 1. The number of rotatable bonds is 5. The Hall–Kier alpha value is -2.11. The van der Waals surface area contributed by atoms with Crippen LogP contribution >= 0.6 is 0 Å². The molecule has 0 aromatic carbocycles. The van der Waals surface area contributed by atoms with Crippen LogP contribution < -0.4 is 10.1 Å². The SMILES string of the molecule is COc1cccc(NCCc2ncon2)n1. The molecule has 0 saturated heterocycles. The van der Waals surface area contributed by atoms with Crippen molar-refractivity contribution in [2.75, 3.05) is 19.0 Å². The van der Waals surface area contributed by atoms with Gasteiger partial charge in [-0.05, 0) is 6.07 Å². The molecule has 0 amide bonds. The monoisotopic (exact) mass is 220 g/mol. The Morgan fingerprint density at radius 1 is 1.44 bits per heavy atom. The molecule has 0 bridgehead atoms. The van der Waals surface area contributed by atoms with Gasteiger partial charge < -0.3 is 14.6 Å². The molecule has 84 valence electrons. The summed E-state index contributed by atoms with van der Waals surface area (Å²) >= 11 is 0. The molecule has 1 N–H and O–H groups in total. The fraction of sp³-hybridized carbons (Fsp3) is 0.300. The Bertz CT molecular complexity index is 430. The first-order valence-corrected chi connectivity index (χ1v) is 4.88. The Balaban J connectivity index is 1.85. The van der Waals surface area contributed by atoms with Gasteiger partial charge >= 0.3 is 0 Å². The lowest BCUT2D eigenvalue weighted by Gasteiger charge is -2.05. The molecule has 2 aromatic heterocycles. The average molecular weight is 220 g/mol. The molecular formula is C10H12N4O2. The summed E-state index contributed by atoms with van der Waals surface area (Å²) < 4.78 is 9.65. The van der Waals surface area contributed by atoms with Crippen LogP contribution in [0.3, 0.4) is 0 Å². The van der Waals surface area contributed by atoms with Crippen molar-refractivity contribution < 1.29 is 9.26 Å². The predicted molar refractivity (Wildman–Crippen MR) is 57.3 cm³/mol. The lowest BCUT2D eigenvalue weighted by Crippen LogP contribution is -2.07. The molecule has 0 aliphatic heterocycles. The molecule has 0 saturated carbocycles. The van der Waals surface area contributed by atoms with Gasteiger partial charge in [0.15, 0.2) is 5.82 Å². The first-order chi connectivity index (χ1) is 7.88. The van der Waals surface area contributed by atoms with E-state index < -0.39 is 0 Å². The van der Waals surface area contributed by atoms with Crippen LogP contribution in [0.15, 0.2) is 29.1 Å². The Kier molecular flexibility index (Phi) is 3.32. The van der Waals surface area contributed by atoms with Gasteiger partial charge in [0.05, 0.1) is 7.11 Å². The summed E-state index contributed by atoms with van der Waals surface area (Å²) in [5.74, 6) is 2.03. The highest BCUT2D eigenvalue weighted by atomic mass is 16.5. The predicted octanol–water partition coefficient (Wildman–Crippen LogP) is 1.13. The smallest absolute Gasteiger partial charge is 0.214 e. The van der Waals surface area contributed by atoms with Crippen molar-refractivity contribution >= 4 is 5.82 Å². The van der Waals surface area contributed by atoms with Crippen molar-refractivity contribution in [3.05, 3.63) is 30.4 Å². The van der Waals surface area contributed by atoms with Gasteiger partial charge in [-0.15, -0.1) is 0 Å². The molecule has 0 radical (unpaired) electrons. The molecule has 0 spiro atoms. The maximum atomic E-state index is 5.02. The van der Waals surface area contributed by atoms with Gasteiger partial charge in [-0.3, -0.25) is 0 Å². The number of ether oxygens (including phenoxy) is 1. The van der Waals surface area contributed by atoms with Crippen LogP contribution in [0.4, 0.5) is 5.82 Å². The molecule has 2 rings (SSSR count). The summed E-state index contributed by atoms with van der Waals surface area (Å²) in [7, 11) is 1.59. The van der Waals surface area contributed by atoms with Gasteiger partial charge in [0.1, 0.15) is 5.82 Å². The molecule has 0 unspecified atom stereocenters. The minimum Gasteiger partial charge on any atom is -0.481 e. The molecule has 0 aliphatic rings. The highest BCUT2D eigenvalue weighted by Gasteiger charge is 1.99. The van der Waals surface area contributed by atoms with Gasteiger partial charge in [0.25, 0.3) is 0 Å². The van der Waals surface area contributed by atoms with E-state index in [-0.39, 0.29) is 0 Å². The van der Waals surface area contributed by atoms with E-state index in [1.54, 1.807) is 13.2 Å². The number of nitrogens with zero attached hydrogens (tertiary/aromatic N) is 3. The normalized spacial score (nSPS) is 10.1. The summed E-state index contributed by atoms with van der Waals surface area (Å²) in [4.78, 5) is 8.13. The van der Waals surface area contributed by atoms with Gasteiger partial charge in [-0.1, -0.05) is 11.2 Å². The van der Waals surface area contributed by atoms with Crippen LogP contribution in [0.5, 0.6) is 5.88 Å². The topological polar surface area (TPSA) is 73.1 Å². The van der Waals surface area contributed by atoms with Gasteiger partial charge in [0, 0.05) is 19.0 Å². The van der Waals surface area contributed by atoms with Crippen molar-refractivity contribution in [3.63, 3.8) is 0 Å². The van der Waals surface area contributed by atoms with Gasteiger partial charge in [0.2, 0.25) is 12.3 Å². The highest BCUT2D eigenvalue weighted by molar-refractivity contribution is 5.36. The van der Waals surface area contributed by atoms with Crippen LogP contribution in [0.1, 0.15) is 5.82 Å². The van der Waals surface area contributed by atoms with E-state index in [1.807, 2.05) is 12.1 Å². The summed E-state index contributed by atoms with van der Waals surface area (Å²) in [5, 5.41) is 6.85. The lowest BCUT2D eigenvalue weighted by molar-refractivity contribution is 0.398. The zero-order valence-corrected chi connectivity index (χ0v) is 8.88. The minimum atomic E-state index is 0.588. The Morgan fingerprint density at radius 2 is 2.38 bits per heavy atom. The molecule has 6 nitrogen and oxygen atoms in total. The molecule has 16 heavy (non-hydrogen) atoms. The molecule has 0 atom stereocenters. The third kappa shape index (κ3) is 2.69. The van der Waals surface area contributed by atoms with E-state index in [0.29, 0.717) is 24.7 Å². The molecule has 0 aliphatic carbocycles. The number of aromatic nitrogens is 3. The van der Waals surface area contributed by atoms with Crippen molar-refractivity contribution in [1.29, 1.82) is 0 Å². The van der Waals surface area contributed by atoms with E-state index in [4.69, 9.17) is 4.74 Å². The largest absolute Gasteiger partial charge is 0.481 e. The number of hydrogen-bond donors (Lipinski definition) is 1. The Labute approximate surface area is 92.7 Å². The van der Waals surface area contributed by atoms with E-state index in [9.17, 15) is 0 Å². The van der Waals surface area contributed by atoms with Crippen LogP contribution in [0.2, 0.25) is 0 Å². The Morgan fingerprint density at radius 3 is 3.12 bits per heavy atom. The minimum absolute atomic E-state index is 0.588. The fourth-order valence-electron chi connectivity index (χ4n) is 1.23. The van der Waals surface area contributed by atoms with E-state index in [2.05, 4.69) is 25.0 Å². The van der Waals surface area contributed by atoms with E-state index in [1.165, 1.54) is 6.39 Å². The maximum absolute atomic E-state index is 5.02. The standard InChI is InChI=1S/C10H12N4O2/c1-15-10-4-2-3-8(13-10)11-6-5-9-12-7-16-14-9/h2-4,7H,5-6H2,1H3,(H,11,13). The molecule has 2 aromatic rings. The third-order valence-corrected chi connectivity index (χ3v) is 1.99. The number of nitrogens with one attached hydrogen (secondary N) is 1. The quantitative estimate of drug-likeness (QED) is 0.814. The van der Waals surface area contributed by atoms with Crippen LogP contribution in [0.25, 0.3) is 0 Å². The average Bonchev–Trinajstić information content (AvgIpc) is 2.82.